The molecular formula is C21H19Cl2N3O4S. The van der Waals surface area contributed by atoms with Crippen molar-refractivity contribution in [3.05, 3.63) is 66.9 Å². The second-order valence-corrected chi connectivity index (χ2v) is 8.65. The van der Waals surface area contributed by atoms with E-state index in [2.05, 4.69) is 10.4 Å². The maximum absolute atomic E-state index is 12.7. The average Bonchev–Trinajstić information content (AvgIpc) is 3.05. The highest BCUT2D eigenvalue weighted by atomic mass is 35.5. The lowest BCUT2D eigenvalue weighted by molar-refractivity contribution is -0.117. The summed E-state index contributed by atoms with van der Waals surface area (Å²) >= 11 is 12.9. The first kappa shape index (κ1) is 23.0. The molecule has 7 nitrogen and oxygen atoms in total. The van der Waals surface area contributed by atoms with E-state index in [9.17, 15) is 14.4 Å². The summed E-state index contributed by atoms with van der Waals surface area (Å²) in [6.07, 6.45) is 1.19. The van der Waals surface area contributed by atoms with Crippen LogP contribution >= 0.6 is 34.5 Å². The van der Waals surface area contributed by atoms with Gasteiger partial charge in [0, 0.05) is 10.4 Å². The smallest absolute Gasteiger partial charge is 0.341 e. The van der Waals surface area contributed by atoms with Crippen LogP contribution in [0.25, 0.3) is 11.1 Å². The first-order valence-electron chi connectivity index (χ1n) is 9.31. The third-order valence-corrected chi connectivity index (χ3v) is 6.16. The summed E-state index contributed by atoms with van der Waals surface area (Å²) in [4.78, 5) is 38.4. The van der Waals surface area contributed by atoms with Gasteiger partial charge in [0.05, 0.1) is 17.8 Å². The first-order valence-corrected chi connectivity index (χ1v) is 10.9. The van der Waals surface area contributed by atoms with Crippen molar-refractivity contribution in [1.82, 2.24) is 9.78 Å². The number of amides is 1. The maximum atomic E-state index is 12.7. The third kappa shape index (κ3) is 4.98. The Bertz CT molecular complexity index is 1200. The highest BCUT2D eigenvalue weighted by Crippen LogP contribution is 2.40. The molecule has 0 unspecified atom stereocenters. The zero-order valence-electron chi connectivity index (χ0n) is 17.0. The van der Waals surface area contributed by atoms with E-state index in [1.807, 2.05) is 38.1 Å². The van der Waals surface area contributed by atoms with E-state index in [-0.39, 0.29) is 22.2 Å². The number of halogens is 2. The average molecular weight is 480 g/mol. The molecular weight excluding hydrogens is 461 g/mol. The number of aryl methyl sites for hydroxylation is 2. The normalized spacial score (nSPS) is 10.7. The van der Waals surface area contributed by atoms with Crippen LogP contribution in [0, 0.1) is 13.8 Å². The molecule has 0 atom stereocenters. The number of carbonyl (C=O) groups is 2. The number of esters is 1. The predicted molar refractivity (Wildman–Crippen MR) is 122 cm³/mol. The van der Waals surface area contributed by atoms with Gasteiger partial charge in [0.2, 0.25) is 5.91 Å². The molecule has 0 saturated carbocycles. The molecule has 0 aliphatic heterocycles. The van der Waals surface area contributed by atoms with Gasteiger partial charge in [-0.3, -0.25) is 9.59 Å². The minimum absolute atomic E-state index is 0.00421. The van der Waals surface area contributed by atoms with Crippen molar-refractivity contribution < 1.29 is 14.3 Å². The Balaban J connectivity index is 1.97. The second kappa shape index (κ2) is 9.64. The van der Waals surface area contributed by atoms with Crippen LogP contribution < -0.4 is 10.9 Å². The first-order chi connectivity index (χ1) is 14.7. The summed E-state index contributed by atoms with van der Waals surface area (Å²) in [6, 6.07) is 7.72. The highest BCUT2D eigenvalue weighted by molar-refractivity contribution is 7.17. The Hall–Kier alpha value is -2.68. The van der Waals surface area contributed by atoms with E-state index in [1.54, 1.807) is 6.92 Å². The summed E-state index contributed by atoms with van der Waals surface area (Å²) < 4.78 is 6.13. The van der Waals surface area contributed by atoms with Gasteiger partial charge in [0.15, 0.2) is 0 Å². The van der Waals surface area contributed by atoms with Crippen molar-refractivity contribution in [2.45, 2.75) is 27.3 Å². The molecule has 0 aliphatic carbocycles. The van der Waals surface area contributed by atoms with Gasteiger partial charge in [-0.05, 0) is 26.3 Å². The standard InChI is InChI=1S/C21H19Cl2N3O4S/c1-4-30-21(29)17-16(13-7-5-11(2)6-8-13)12(3)31-19(17)25-15(27)10-26-20(28)18(23)14(22)9-24-26/h5-9H,4,10H2,1-3H3,(H,25,27). The molecule has 0 aliphatic rings. The SMILES string of the molecule is CCOC(=O)c1c(NC(=O)Cn2ncc(Cl)c(Cl)c2=O)sc(C)c1-c1ccc(C)cc1. The number of benzene rings is 1. The highest BCUT2D eigenvalue weighted by Gasteiger charge is 2.25. The monoisotopic (exact) mass is 479 g/mol. The van der Waals surface area contributed by atoms with E-state index in [4.69, 9.17) is 27.9 Å². The maximum Gasteiger partial charge on any atom is 0.341 e. The Kier molecular flexibility index (Phi) is 7.15. The molecule has 10 heteroatoms. The van der Waals surface area contributed by atoms with Gasteiger partial charge in [-0.25, -0.2) is 9.48 Å². The van der Waals surface area contributed by atoms with E-state index >= 15 is 0 Å². The van der Waals surface area contributed by atoms with Crippen LogP contribution in [0.3, 0.4) is 0 Å². The van der Waals surface area contributed by atoms with Crippen LogP contribution in [-0.4, -0.2) is 28.3 Å². The van der Waals surface area contributed by atoms with E-state index in [0.717, 1.165) is 20.7 Å². The third-order valence-electron chi connectivity index (χ3n) is 4.39. The Morgan fingerprint density at radius 1 is 1.19 bits per heavy atom. The molecule has 3 rings (SSSR count). The predicted octanol–water partition coefficient (Wildman–Crippen LogP) is 4.71. The number of hydrogen-bond acceptors (Lipinski definition) is 6. The van der Waals surface area contributed by atoms with E-state index in [0.29, 0.717) is 10.6 Å². The molecule has 0 bridgehead atoms. The van der Waals surface area contributed by atoms with Crippen molar-refractivity contribution in [3.8, 4) is 11.1 Å². The molecule has 1 amide bonds. The van der Waals surface area contributed by atoms with Gasteiger partial charge in [-0.2, -0.15) is 5.10 Å². The van der Waals surface area contributed by atoms with Crippen LogP contribution in [0.4, 0.5) is 5.00 Å². The van der Waals surface area contributed by atoms with Gasteiger partial charge in [-0.1, -0.05) is 53.0 Å². The lowest BCUT2D eigenvalue weighted by Crippen LogP contribution is -2.30. The number of nitrogens with zero attached hydrogens (tertiary/aromatic N) is 2. The Morgan fingerprint density at radius 3 is 2.52 bits per heavy atom. The molecule has 0 spiro atoms. The summed E-state index contributed by atoms with van der Waals surface area (Å²) in [7, 11) is 0. The molecule has 162 valence electrons. The van der Waals surface area contributed by atoms with Crippen LogP contribution in [0.15, 0.2) is 35.3 Å². The number of anilines is 1. The number of carbonyl (C=O) groups excluding carboxylic acids is 2. The van der Waals surface area contributed by atoms with Crippen molar-refractivity contribution in [1.29, 1.82) is 0 Å². The van der Waals surface area contributed by atoms with Gasteiger partial charge in [-0.15, -0.1) is 11.3 Å². The molecule has 2 aromatic heterocycles. The number of nitrogens with one attached hydrogen (secondary N) is 1. The van der Waals surface area contributed by atoms with E-state index in [1.165, 1.54) is 17.5 Å². The number of thiophene rings is 1. The molecule has 1 N–H and O–H groups in total. The number of ether oxygens (including phenoxy) is 1. The van der Waals surface area contributed by atoms with Crippen molar-refractivity contribution in [2.24, 2.45) is 0 Å². The summed E-state index contributed by atoms with van der Waals surface area (Å²) in [6.45, 7) is 5.35. The summed E-state index contributed by atoms with van der Waals surface area (Å²) in [5, 5.41) is 6.65. The van der Waals surface area contributed by atoms with Crippen molar-refractivity contribution in [2.75, 3.05) is 11.9 Å². The molecule has 1 aromatic carbocycles. The largest absolute Gasteiger partial charge is 0.462 e. The molecule has 0 fully saturated rings. The van der Waals surface area contributed by atoms with Crippen molar-refractivity contribution in [3.63, 3.8) is 0 Å². The minimum atomic E-state index is -0.683. The lowest BCUT2D eigenvalue weighted by Gasteiger charge is -2.10. The van der Waals surface area contributed by atoms with Gasteiger partial charge in [0.25, 0.3) is 5.56 Å². The van der Waals surface area contributed by atoms with Crippen LogP contribution in [0.1, 0.15) is 27.7 Å². The molecule has 0 saturated heterocycles. The topological polar surface area (TPSA) is 90.3 Å². The van der Waals surface area contributed by atoms with Crippen LogP contribution in [-0.2, 0) is 16.1 Å². The second-order valence-electron chi connectivity index (χ2n) is 6.64. The Labute approximate surface area is 192 Å². The lowest BCUT2D eigenvalue weighted by atomic mass is 10.0. The van der Waals surface area contributed by atoms with Crippen LogP contribution in [0.5, 0.6) is 0 Å². The van der Waals surface area contributed by atoms with Gasteiger partial charge >= 0.3 is 5.97 Å². The van der Waals surface area contributed by atoms with Gasteiger partial charge in [0.1, 0.15) is 22.1 Å². The summed E-state index contributed by atoms with van der Waals surface area (Å²) in [5.74, 6) is -1.09. The summed E-state index contributed by atoms with van der Waals surface area (Å²) in [5.41, 5.74) is 2.21. The zero-order chi connectivity index (χ0) is 22.7. The quantitative estimate of drug-likeness (QED) is 0.516. The number of hydrogen-bond donors (Lipinski definition) is 1. The number of aromatic nitrogens is 2. The molecule has 0 radical (unpaired) electrons. The van der Waals surface area contributed by atoms with Gasteiger partial charge < -0.3 is 10.1 Å². The fraction of sp³-hybridized carbons (Fsp3) is 0.238. The molecule has 2 heterocycles. The fourth-order valence-electron chi connectivity index (χ4n) is 2.96. The Morgan fingerprint density at radius 2 is 1.87 bits per heavy atom. The molecule has 31 heavy (non-hydrogen) atoms. The van der Waals surface area contributed by atoms with E-state index < -0.39 is 24.0 Å². The minimum Gasteiger partial charge on any atom is -0.462 e. The number of rotatable bonds is 6. The van der Waals surface area contributed by atoms with Crippen LogP contribution in [0.2, 0.25) is 10.0 Å². The molecule has 3 aromatic rings. The fourth-order valence-corrected chi connectivity index (χ4v) is 4.31. The van der Waals surface area contributed by atoms with Crippen molar-refractivity contribution >= 4 is 51.4 Å². The zero-order valence-corrected chi connectivity index (χ0v) is 19.3.